The molecule has 1 aromatic rings. The summed E-state index contributed by atoms with van der Waals surface area (Å²) < 4.78 is 1.30. The molecule has 18 heavy (non-hydrogen) atoms. The lowest BCUT2D eigenvalue weighted by Crippen LogP contribution is -2.57. The van der Waals surface area contributed by atoms with Crippen LogP contribution in [0.4, 0.5) is 0 Å². The molecule has 7 nitrogen and oxygen atoms in total. The van der Waals surface area contributed by atoms with E-state index in [-0.39, 0.29) is 11.1 Å². The fraction of sp³-hybridized carbons (Fsp3) is 0.455. The number of nitrogens with one attached hydrogen (secondary N) is 1. The Bertz CT molecular complexity index is 470. The van der Waals surface area contributed by atoms with Gasteiger partial charge in [-0.2, -0.15) is 0 Å². The number of aryl methyl sites for hydroxylation is 1. The molecule has 0 saturated heterocycles. The number of carbonyl (C=O) groups excluding carboxylic acids is 1. The van der Waals surface area contributed by atoms with Crippen LogP contribution in [0, 0.1) is 0 Å². The van der Waals surface area contributed by atoms with Crippen LogP contribution in [0.3, 0.4) is 0 Å². The van der Waals surface area contributed by atoms with Gasteiger partial charge in [-0.15, -0.1) is 0 Å². The molecule has 0 aliphatic carbocycles. The zero-order valence-electron chi connectivity index (χ0n) is 9.96. The SMILES string of the molecule is Cn1ccc(C(=O)NC(CO)(CO)CO)cc1=O. The number of aromatic nitrogens is 1. The number of nitrogens with zero attached hydrogens (tertiary/aromatic N) is 1. The molecule has 0 unspecified atom stereocenters. The van der Waals surface area contributed by atoms with Crippen LogP contribution in [0.1, 0.15) is 10.4 Å². The van der Waals surface area contributed by atoms with Crippen molar-refractivity contribution in [3.05, 3.63) is 34.2 Å². The molecule has 100 valence electrons. The van der Waals surface area contributed by atoms with Gasteiger partial charge in [-0.05, 0) is 6.07 Å². The van der Waals surface area contributed by atoms with Crippen molar-refractivity contribution in [1.82, 2.24) is 9.88 Å². The summed E-state index contributed by atoms with van der Waals surface area (Å²) in [7, 11) is 1.55. The lowest BCUT2D eigenvalue weighted by molar-refractivity contribution is 0.0375. The highest BCUT2D eigenvalue weighted by Crippen LogP contribution is 2.04. The predicted molar refractivity (Wildman–Crippen MR) is 63.1 cm³/mol. The molecule has 0 bridgehead atoms. The molecule has 1 rings (SSSR count). The Hall–Kier alpha value is -1.70. The molecule has 0 atom stereocenters. The fourth-order valence-electron chi connectivity index (χ4n) is 1.27. The average molecular weight is 256 g/mol. The maximum absolute atomic E-state index is 11.8. The monoisotopic (exact) mass is 256 g/mol. The number of rotatable bonds is 5. The van der Waals surface area contributed by atoms with Gasteiger partial charge in [-0.25, -0.2) is 0 Å². The van der Waals surface area contributed by atoms with Gasteiger partial charge < -0.3 is 25.2 Å². The molecular weight excluding hydrogens is 240 g/mol. The molecule has 0 aliphatic rings. The first-order valence-electron chi connectivity index (χ1n) is 5.30. The molecule has 0 saturated carbocycles. The quantitative estimate of drug-likeness (QED) is 0.479. The van der Waals surface area contributed by atoms with Crippen molar-refractivity contribution >= 4 is 5.91 Å². The topological polar surface area (TPSA) is 112 Å². The number of aliphatic hydroxyl groups excluding tert-OH is 3. The second-order valence-corrected chi connectivity index (χ2v) is 4.07. The summed E-state index contributed by atoms with van der Waals surface area (Å²) in [6.45, 7) is -1.84. The summed E-state index contributed by atoms with van der Waals surface area (Å²) in [4.78, 5) is 23.2. The normalized spacial score (nSPS) is 11.3. The number of hydrogen-bond acceptors (Lipinski definition) is 5. The molecule has 1 amide bonds. The van der Waals surface area contributed by atoms with Crippen molar-refractivity contribution in [1.29, 1.82) is 0 Å². The van der Waals surface area contributed by atoms with Crippen LogP contribution in [0.2, 0.25) is 0 Å². The first kappa shape index (κ1) is 14.4. The Morgan fingerprint density at radius 2 is 1.89 bits per heavy atom. The molecule has 7 heteroatoms. The first-order valence-corrected chi connectivity index (χ1v) is 5.30. The lowest BCUT2D eigenvalue weighted by atomic mass is 10.0. The van der Waals surface area contributed by atoms with Gasteiger partial charge >= 0.3 is 0 Å². The Morgan fingerprint density at radius 3 is 2.33 bits per heavy atom. The van der Waals surface area contributed by atoms with Crippen LogP contribution < -0.4 is 10.9 Å². The maximum Gasteiger partial charge on any atom is 0.252 e. The minimum atomic E-state index is -1.50. The van der Waals surface area contributed by atoms with Crippen LogP contribution in [-0.2, 0) is 7.05 Å². The Morgan fingerprint density at radius 1 is 1.33 bits per heavy atom. The minimum absolute atomic E-state index is 0.0952. The van der Waals surface area contributed by atoms with Gasteiger partial charge in [-0.1, -0.05) is 0 Å². The zero-order chi connectivity index (χ0) is 13.8. The third-order valence-corrected chi connectivity index (χ3v) is 2.65. The largest absolute Gasteiger partial charge is 0.394 e. The second-order valence-electron chi connectivity index (χ2n) is 4.07. The summed E-state index contributed by atoms with van der Waals surface area (Å²) >= 11 is 0. The Kier molecular flexibility index (Phi) is 4.60. The third kappa shape index (κ3) is 2.95. The number of carbonyl (C=O) groups is 1. The van der Waals surface area contributed by atoms with E-state index < -0.39 is 31.3 Å². The molecule has 0 radical (unpaired) electrons. The third-order valence-electron chi connectivity index (χ3n) is 2.65. The van der Waals surface area contributed by atoms with E-state index in [4.69, 9.17) is 15.3 Å². The fourth-order valence-corrected chi connectivity index (χ4v) is 1.27. The Labute approximate surface area is 103 Å². The van der Waals surface area contributed by atoms with Crippen LogP contribution in [-0.4, -0.2) is 51.2 Å². The van der Waals surface area contributed by atoms with E-state index in [2.05, 4.69) is 5.32 Å². The van der Waals surface area contributed by atoms with Crippen LogP contribution in [0.5, 0.6) is 0 Å². The second kappa shape index (κ2) is 5.76. The Balaban J connectivity index is 2.94. The standard InChI is InChI=1S/C11H16N2O5/c1-13-3-2-8(4-9(13)17)10(18)12-11(5-14,6-15)7-16/h2-4,14-16H,5-7H2,1H3,(H,12,18). The summed E-state index contributed by atoms with van der Waals surface area (Å²) in [5, 5.41) is 29.5. The minimum Gasteiger partial charge on any atom is -0.394 e. The molecular formula is C11H16N2O5. The number of hydrogen-bond donors (Lipinski definition) is 4. The molecule has 0 spiro atoms. The summed E-state index contributed by atoms with van der Waals surface area (Å²) in [5.41, 5.74) is -1.76. The molecule has 4 N–H and O–H groups in total. The van der Waals surface area contributed by atoms with Crippen LogP contribution >= 0.6 is 0 Å². The van der Waals surface area contributed by atoms with Crippen molar-refractivity contribution in [2.45, 2.75) is 5.54 Å². The highest BCUT2D eigenvalue weighted by molar-refractivity contribution is 5.94. The van der Waals surface area contributed by atoms with Gasteiger partial charge in [0, 0.05) is 24.9 Å². The zero-order valence-corrected chi connectivity index (χ0v) is 9.96. The average Bonchev–Trinajstić information content (AvgIpc) is 2.39. The first-order chi connectivity index (χ1) is 8.48. The molecule has 1 heterocycles. The highest BCUT2D eigenvalue weighted by Gasteiger charge is 2.30. The van der Waals surface area contributed by atoms with Crippen molar-refractivity contribution < 1.29 is 20.1 Å². The highest BCUT2D eigenvalue weighted by atomic mass is 16.3. The number of amides is 1. The summed E-state index contributed by atoms with van der Waals surface area (Å²) in [6.07, 6.45) is 1.43. The van der Waals surface area contributed by atoms with E-state index in [9.17, 15) is 9.59 Å². The molecule has 0 fully saturated rings. The molecule has 0 aliphatic heterocycles. The van der Waals surface area contributed by atoms with Gasteiger partial charge in [-0.3, -0.25) is 9.59 Å². The van der Waals surface area contributed by atoms with Gasteiger partial charge in [0.15, 0.2) is 0 Å². The van der Waals surface area contributed by atoms with E-state index in [1.807, 2.05) is 0 Å². The van der Waals surface area contributed by atoms with E-state index in [1.165, 1.54) is 16.8 Å². The van der Waals surface area contributed by atoms with E-state index in [1.54, 1.807) is 7.05 Å². The van der Waals surface area contributed by atoms with Crippen molar-refractivity contribution in [3.8, 4) is 0 Å². The van der Waals surface area contributed by atoms with Crippen molar-refractivity contribution in [2.75, 3.05) is 19.8 Å². The summed E-state index contributed by atoms with van der Waals surface area (Å²) in [5.74, 6) is -0.648. The predicted octanol–water partition coefficient (Wildman–Crippen LogP) is -2.17. The molecule has 1 aromatic heterocycles. The van der Waals surface area contributed by atoms with Gasteiger partial charge in [0.2, 0.25) is 0 Å². The number of aliphatic hydroxyl groups is 3. The van der Waals surface area contributed by atoms with Gasteiger partial charge in [0.05, 0.1) is 19.8 Å². The van der Waals surface area contributed by atoms with E-state index in [0.29, 0.717) is 0 Å². The van der Waals surface area contributed by atoms with Crippen molar-refractivity contribution in [3.63, 3.8) is 0 Å². The smallest absolute Gasteiger partial charge is 0.252 e. The van der Waals surface area contributed by atoms with E-state index >= 15 is 0 Å². The van der Waals surface area contributed by atoms with E-state index in [0.717, 1.165) is 6.07 Å². The molecule has 0 aromatic carbocycles. The van der Waals surface area contributed by atoms with Gasteiger partial charge in [0.1, 0.15) is 5.54 Å². The van der Waals surface area contributed by atoms with Gasteiger partial charge in [0.25, 0.3) is 11.5 Å². The summed E-state index contributed by atoms with van der Waals surface area (Å²) in [6, 6.07) is 2.56. The van der Waals surface area contributed by atoms with Crippen LogP contribution in [0.15, 0.2) is 23.1 Å². The maximum atomic E-state index is 11.8. The lowest BCUT2D eigenvalue weighted by Gasteiger charge is -2.28. The van der Waals surface area contributed by atoms with Crippen LogP contribution in [0.25, 0.3) is 0 Å². The number of pyridine rings is 1. The van der Waals surface area contributed by atoms with Crippen molar-refractivity contribution in [2.24, 2.45) is 7.05 Å².